The lowest BCUT2D eigenvalue weighted by Gasteiger charge is -2.42. The highest BCUT2D eigenvalue weighted by molar-refractivity contribution is 5.87. The van der Waals surface area contributed by atoms with Gasteiger partial charge < -0.3 is 89.3 Å². The fourth-order valence-electron chi connectivity index (χ4n) is 6.12. The summed E-state index contributed by atoms with van der Waals surface area (Å²) >= 11 is 0. The summed E-state index contributed by atoms with van der Waals surface area (Å²) in [4.78, 5) is 23.6. The Labute approximate surface area is 333 Å². The Kier molecular flexibility index (Phi) is 12.8. The summed E-state index contributed by atoms with van der Waals surface area (Å²) in [6, 6.07) is 9.43. The molecule has 11 N–H and O–H groups in total. The Balaban J connectivity index is 1.26. The van der Waals surface area contributed by atoms with Gasteiger partial charge in [0.25, 0.3) is 0 Å². The monoisotopic (exact) mass is 828 g/mol. The molecule has 11 atom stereocenters. The number of ether oxygens (including phenoxy) is 7. The molecule has 2 fully saturated rings. The molecule has 20 nitrogen and oxygen atoms in total. The number of aliphatic hydroxyl groups excluding tert-OH is 7. The highest BCUT2D eigenvalue weighted by Gasteiger charge is 2.48. The average molecular weight is 829 g/mol. The number of esters is 1. The van der Waals surface area contributed by atoms with E-state index in [2.05, 4.69) is 6.58 Å². The van der Waals surface area contributed by atoms with Crippen LogP contribution in [0.15, 0.2) is 102 Å². The van der Waals surface area contributed by atoms with Crippen molar-refractivity contribution in [1.82, 2.24) is 0 Å². The molecule has 2 aromatic rings. The third-order valence-electron chi connectivity index (χ3n) is 9.36. The lowest BCUT2D eigenvalue weighted by molar-refractivity contribution is -0.292. The number of rotatable bonds is 13. The number of aliphatic hydroxyl groups is 7. The van der Waals surface area contributed by atoms with E-state index in [1.165, 1.54) is 48.6 Å². The fraction of sp³-hybridized carbons (Fsp3) is 0.333. The molecule has 59 heavy (non-hydrogen) atoms. The summed E-state index contributed by atoms with van der Waals surface area (Å²) in [5.74, 6) is -5.32. The molecule has 0 spiro atoms. The van der Waals surface area contributed by atoms with Crippen molar-refractivity contribution in [1.29, 1.82) is 0 Å². The van der Waals surface area contributed by atoms with Crippen LogP contribution in [0.1, 0.15) is 11.1 Å². The molecule has 2 aromatic carbocycles. The number of phenolic OH excluding ortho intramolecular Hbond substituents is 3. The number of carbonyl (C=O) groups excluding carboxylic acids is 1. The number of fused-ring (bicyclic) bond motifs is 1. The second kappa shape index (κ2) is 17.8. The van der Waals surface area contributed by atoms with Gasteiger partial charge in [-0.25, -0.2) is 9.59 Å². The van der Waals surface area contributed by atoms with Gasteiger partial charge in [-0.05, 0) is 54.6 Å². The fourth-order valence-corrected chi connectivity index (χ4v) is 6.12. The SMILES string of the molecule is C=C(OCC1OC(OC2=CC(O)=CC3OC(c4ccc(O)c(O)c4)=C(OC4OC(COC(=O)C=Cc5ccc(O)cc5)C(O)C(O)C4O)C=C23)C(O)C(O)C1O)C(=O)O. The summed E-state index contributed by atoms with van der Waals surface area (Å²) < 4.78 is 39.7. The topological polar surface area (TPSA) is 321 Å². The number of hydrogen-bond donors (Lipinski definition) is 11. The van der Waals surface area contributed by atoms with E-state index >= 15 is 0 Å². The van der Waals surface area contributed by atoms with Crippen molar-refractivity contribution in [3.63, 3.8) is 0 Å². The number of carboxylic acids is 1. The maximum Gasteiger partial charge on any atom is 0.370 e. The van der Waals surface area contributed by atoms with Crippen LogP contribution in [0.2, 0.25) is 0 Å². The van der Waals surface area contributed by atoms with Crippen molar-refractivity contribution in [3.05, 3.63) is 113 Å². The van der Waals surface area contributed by atoms with Gasteiger partial charge in [-0.1, -0.05) is 12.1 Å². The molecular weight excluding hydrogens is 788 g/mol. The van der Waals surface area contributed by atoms with Crippen LogP contribution in [-0.4, -0.2) is 149 Å². The first-order valence-corrected chi connectivity index (χ1v) is 17.7. The van der Waals surface area contributed by atoms with Gasteiger partial charge in [0.2, 0.25) is 12.6 Å². The number of carbonyl (C=O) groups is 2. The highest BCUT2D eigenvalue weighted by Crippen LogP contribution is 2.41. The molecule has 316 valence electrons. The molecule has 0 aromatic heterocycles. The molecule has 2 saturated heterocycles. The first kappa shape index (κ1) is 42.5. The Morgan fingerprint density at radius 3 is 1.95 bits per heavy atom. The largest absolute Gasteiger partial charge is 0.508 e. The predicted molar refractivity (Wildman–Crippen MR) is 195 cm³/mol. The summed E-state index contributed by atoms with van der Waals surface area (Å²) in [5, 5.41) is 114. The smallest absolute Gasteiger partial charge is 0.370 e. The van der Waals surface area contributed by atoms with E-state index in [4.69, 9.17) is 38.3 Å². The molecule has 20 heteroatoms. The van der Waals surface area contributed by atoms with Crippen molar-refractivity contribution in [2.45, 2.75) is 67.5 Å². The standard InChI is InChI=1S/C39H40O20/c1-16(37(51)52)53-14-27-30(45)32(47)34(49)38(58-27)56-25-12-20(41)11-24-21(25)13-26(36(55-24)18-5-8-22(42)23(43)10-18)57-39-35(50)33(48)31(46)28(59-39)15-54-29(44)9-4-17-2-6-19(40)7-3-17/h2-13,24,27-28,30-35,38-43,45-50H,1,14-15H2,(H,51,52). The molecule has 0 bridgehead atoms. The zero-order valence-electron chi connectivity index (χ0n) is 30.5. The molecular formula is C39H40O20. The average Bonchev–Trinajstić information content (AvgIpc) is 3.20. The van der Waals surface area contributed by atoms with Crippen LogP contribution in [0.5, 0.6) is 17.2 Å². The second-order valence-electron chi connectivity index (χ2n) is 13.5. The van der Waals surface area contributed by atoms with E-state index < -0.39 is 116 Å². The molecule has 3 aliphatic heterocycles. The Morgan fingerprint density at radius 1 is 0.729 bits per heavy atom. The predicted octanol–water partition coefficient (Wildman–Crippen LogP) is -0.344. The number of benzene rings is 2. The Hall–Kier alpha value is -6.10. The minimum absolute atomic E-state index is 0.0196. The summed E-state index contributed by atoms with van der Waals surface area (Å²) in [6.07, 6.45) is -13.0. The quantitative estimate of drug-likeness (QED) is 0.0532. The number of aromatic hydroxyl groups is 3. The van der Waals surface area contributed by atoms with Crippen molar-refractivity contribution < 1.29 is 98.9 Å². The van der Waals surface area contributed by atoms with Gasteiger partial charge >= 0.3 is 11.9 Å². The third-order valence-corrected chi connectivity index (χ3v) is 9.36. The van der Waals surface area contributed by atoms with Crippen molar-refractivity contribution >= 4 is 23.8 Å². The van der Waals surface area contributed by atoms with Gasteiger partial charge in [0, 0.05) is 29.4 Å². The van der Waals surface area contributed by atoms with Gasteiger partial charge in [-0.3, -0.25) is 0 Å². The van der Waals surface area contributed by atoms with Crippen molar-refractivity contribution in [3.8, 4) is 17.2 Å². The lowest BCUT2D eigenvalue weighted by atomic mass is 9.96. The maximum atomic E-state index is 12.5. The Morgan fingerprint density at radius 2 is 1.34 bits per heavy atom. The molecule has 0 saturated carbocycles. The number of hydrogen-bond acceptors (Lipinski definition) is 19. The zero-order chi connectivity index (χ0) is 42.7. The molecule has 0 amide bonds. The summed E-state index contributed by atoms with van der Waals surface area (Å²) in [5.41, 5.74) is 0.660. The van der Waals surface area contributed by atoms with Gasteiger partial charge in [0.05, 0.1) is 0 Å². The maximum absolute atomic E-state index is 12.5. The third kappa shape index (κ3) is 9.62. The van der Waals surface area contributed by atoms with Crippen LogP contribution in [0, 0.1) is 0 Å². The van der Waals surface area contributed by atoms with Crippen molar-refractivity contribution in [2.75, 3.05) is 13.2 Å². The minimum atomic E-state index is -1.94. The van der Waals surface area contributed by atoms with E-state index in [0.717, 1.165) is 24.3 Å². The highest BCUT2D eigenvalue weighted by atomic mass is 16.7. The van der Waals surface area contributed by atoms with Gasteiger partial charge in [-0.15, -0.1) is 0 Å². The zero-order valence-corrected chi connectivity index (χ0v) is 30.5. The first-order valence-electron chi connectivity index (χ1n) is 17.7. The second-order valence-corrected chi connectivity index (χ2v) is 13.5. The lowest BCUT2D eigenvalue weighted by Crippen LogP contribution is -2.59. The van der Waals surface area contributed by atoms with E-state index in [9.17, 15) is 60.7 Å². The molecule has 1 aliphatic carbocycles. The van der Waals surface area contributed by atoms with Gasteiger partial charge in [0.15, 0.2) is 28.8 Å². The number of carboxylic acid groups (broad SMARTS) is 1. The minimum Gasteiger partial charge on any atom is -0.508 e. The van der Waals surface area contributed by atoms with Crippen LogP contribution in [-0.2, 0) is 42.7 Å². The van der Waals surface area contributed by atoms with E-state index in [1.807, 2.05) is 0 Å². The molecule has 11 unspecified atom stereocenters. The summed E-state index contributed by atoms with van der Waals surface area (Å²) in [6.45, 7) is 1.94. The van der Waals surface area contributed by atoms with Crippen LogP contribution in [0.25, 0.3) is 11.8 Å². The van der Waals surface area contributed by atoms with Crippen LogP contribution in [0.3, 0.4) is 0 Å². The number of phenols is 3. The van der Waals surface area contributed by atoms with E-state index in [1.54, 1.807) is 0 Å². The van der Waals surface area contributed by atoms with E-state index in [0.29, 0.717) is 5.56 Å². The van der Waals surface area contributed by atoms with Crippen molar-refractivity contribution in [2.24, 2.45) is 0 Å². The molecule has 4 aliphatic rings. The van der Waals surface area contributed by atoms with Gasteiger partial charge in [-0.2, -0.15) is 0 Å². The van der Waals surface area contributed by atoms with E-state index in [-0.39, 0.29) is 34.2 Å². The summed E-state index contributed by atoms with van der Waals surface area (Å²) in [7, 11) is 0. The molecule has 6 rings (SSSR count). The van der Waals surface area contributed by atoms with Crippen LogP contribution in [0.4, 0.5) is 0 Å². The normalized spacial score (nSPS) is 30.5. The molecule has 3 heterocycles. The Bertz CT molecular complexity index is 2070. The molecule has 0 radical (unpaired) electrons. The van der Waals surface area contributed by atoms with Crippen LogP contribution >= 0.6 is 0 Å². The number of allylic oxidation sites excluding steroid dienone is 2. The van der Waals surface area contributed by atoms with Gasteiger partial charge in [0.1, 0.15) is 85.4 Å². The van der Waals surface area contributed by atoms with Crippen LogP contribution < -0.4 is 0 Å². The number of aliphatic carboxylic acids is 1. The first-order chi connectivity index (χ1) is 28.0.